The predicted octanol–water partition coefficient (Wildman–Crippen LogP) is 0.109. The van der Waals surface area contributed by atoms with Gasteiger partial charge in [0.05, 0.1) is 0 Å². The zero-order chi connectivity index (χ0) is 13.0. The number of nitrogens with two attached hydrogens (primary N) is 1. The SMILES string of the molecule is NCc1cccc(NC(=O)N2CCNC(=O)C2)c1. The van der Waals surface area contributed by atoms with E-state index < -0.39 is 0 Å². The molecule has 0 radical (unpaired) electrons. The molecule has 3 amide bonds. The molecule has 0 saturated carbocycles. The van der Waals surface area contributed by atoms with Gasteiger partial charge in [0.2, 0.25) is 5.91 Å². The number of carbonyl (C=O) groups is 2. The lowest BCUT2D eigenvalue weighted by atomic mass is 10.2. The van der Waals surface area contributed by atoms with Crippen molar-refractivity contribution in [2.75, 3.05) is 25.0 Å². The average molecular weight is 248 g/mol. The highest BCUT2D eigenvalue weighted by Crippen LogP contribution is 2.11. The minimum absolute atomic E-state index is 0.0996. The van der Waals surface area contributed by atoms with Crippen molar-refractivity contribution in [3.63, 3.8) is 0 Å². The summed E-state index contributed by atoms with van der Waals surface area (Å²) in [4.78, 5) is 24.6. The Morgan fingerprint density at radius 3 is 3.06 bits per heavy atom. The van der Waals surface area contributed by atoms with Crippen molar-refractivity contribution >= 4 is 17.6 Å². The third-order valence-electron chi connectivity index (χ3n) is 2.74. The summed E-state index contributed by atoms with van der Waals surface area (Å²) in [5, 5.41) is 5.43. The second-order valence-electron chi connectivity index (χ2n) is 4.11. The Balaban J connectivity index is 1.99. The molecule has 1 aromatic rings. The van der Waals surface area contributed by atoms with Crippen LogP contribution in [0.25, 0.3) is 0 Å². The van der Waals surface area contributed by atoms with Crippen molar-refractivity contribution in [1.82, 2.24) is 10.2 Å². The number of anilines is 1. The van der Waals surface area contributed by atoms with Gasteiger partial charge in [-0.3, -0.25) is 4.79 Å². The second-order valence-corrected chi connectivity index (χ2v) is 4.11. The lowest BCUT2D eigenvalue weighted by Crippen LogP contribution is -2.51. The third-order valence-corrected chi connectivity index (χ3v) is 2.74. The van der Waals surface area contributed by atoms with Crippen LogP contribution in [0.1, 0.15) is 5.56 Å². The maximum atomic E-state index is 11.9. The lowest BCUT2D eigenvalue weighted by molar-refractivity contribution is -0.123. The van der Waals surface area contributed by atoms with Crippen molar-refractivity contribution in [1.29, 1.82) is 0 Å². The van der Waals surface area contributed by atoms with Gasteiger partial charge in [0.25, 0.3) is 0 Å². The molecule has 18 heavy (non-hydrogen) atoms. The van der Waals surface area contributed by atoms with E-state index in [1.165, 1.54) is 4.90 Å². The molecule has 2 rings (SSSR count). The van der Waals surface area contributed by atoms with Gasteiger partial charge in [0.1, 0.15) is 6.54 Å². The van der Waals surface area contributed by atoms with E-state index in [0.29, 0.717) is 25.3 Å². The normalized spacial score (nSPS) is 15.2. The largest absolute Gasteiger partial charge is 0.353 e. The molecule has 4 N–H and O–H groups in total. The van der Waals surface area contributed by atoms with Gasteiger partial charge >= 0.3 is 6.03 Å². The smallest absolute Gasteiger partial charge is 0.322 e. The number of piperazine rings is 1. The zero-order valence-electron chi connectivity index (χ0n) is 9.98. The molecule has 1 saturated heterocycles. The standard InChI is InChI=1S/C12H16N4O2/c13-7-9-2-1-3-10(6-9)15-12(18)16-5-4-14-11(17)8-16/h1-3,6H,4-5,7-8,13H2,(H,14,17)(H,15,18). The van der Waals surface area contributed by atoms with Crippen LogP contribution in [0.3, 0.4) is 0 Å². The van der Waals surface area contributed by atoms with Crippen LogP contribution in [0.4, 0.5) is 10.5 Å². The van der Waals surface area contributed by atoms with E-state index in [1.54, 1.807) is 6.07 Å². The number of carbonyl (C=O) groups excluding carboxylic acids is 2. The Labute approximate surface area is 105 Å². The molecule has 0 atom stereocenters. The minimum atomic E-state index is -0.265. The molecule has 0 unspecified atom stereocenters. The van der Waals surface area contributed by atoms with Crippen LogP contribution < -0.4 is 16.4 Å². The quantitative estimate of drug-likeness (QED) is 0.694. The Morgan fingerprint density at radius 1 is 1.50 bits per heavy atom. The first-order valence-corrected chi connectivity index (χ1v) is 5.80. The number of nitrogens with zero attached hydrogens (tertiary/aromatic N) is 1. The highest BCUT2D eigenvalue weighted by molar-refractivity contribution is 5.93. The second kappa shape index (κ2) is 5.50. The molecule has 1 fully saturated rings. The molecule has 6 heteroatoms. The van der Waals surface area contributed by atoms with Gasteiger partial charge in [-0.1, -0.05) is 12.1 Å². The molecule has 0 aromatic heterocycles. The molecule has 1 aliphatic rings. The molecular weight excluding hydrogens is 232 g/mol. The van der Waals surface area contributed by atoms with Crippen LogP contribution in [-0.2, 0) is 11.3 Å². The van der Waals surface area contributed by atoms with Gasteiger partial charge in [-0.2, -0.15) is 0 Å². The number of nitrogens with one attached hydrogen (secondary N) is 2. The Kier molecular flexibility index (Phi) is 3.78. The summed E-state index contributed by atoms with van der Waals surface area (Å²) in [7, 11) is 0. The summed E-state index contributed by atoms with van der Waals surface area (Å²) >= 11 is 0. The first kappa shape index (κ1) is 12.4. The molecule has 1 aromatic carbocycles. The Hall–Kier alpha value is -2.08. The predicted molar refractivity (Wildman–Crippen MR) is 67.9 cm³/mol. The molecule has 1 aliphatic heterocycles. The van der Waals surface area contributed by atoms with Gasteiger partial charge < -0.3 is 21.3 Å². The fourth-order valence-electron chi connectivity index (χ4n) is 1.79. The molecule has 1 heterocycles. The molecule has 96 valence electrons. The van der Waals surface area contributed by atoms with E-state index in [9.17, 15) is 9.59 Å². The summed E-state index contributed by atoms with van der Waals surface area (Å²) in [5.41, 5.74) is 7.17. The van der Waals surface area contributed by atoms with E-state index in [0.717, 1.165) is 5.56 Å². The Bertz CT molecular complexity index is 461. The fraction of sp³-hybridized carbons (Fsp3) is 0.333. The van der Waals surface area contributed by atoms with Crippen molar-refractivity contribution < 1.29 is 9.59 Å². The molecule has 0 bridgehead atoms. The number of hydrogen-bond donors (Lipinski definition) is 3. The van der Waals surface area contributed by atoms with Crippen LogP contribution in [0.15, 0.2) is 24.3 Å². The molecule has 0 spiro atoms. The van der Waals surface area contributed by atoms with Crippen molar-refractivity contribution in [2.45, 2.75) is 6.54 Å². The summed E-state index contributed by atoms with van der Waals surface area (Å²) in [6.07, 6.45) is 0. The van der Waals surface area contributed by atoms with Crippen LogP contribution in [0, 0.1) is 0 Å². The van der Waals surface area contributed by atoms with E-state index in [-0.39, 0.29) is 18.5 Å². The highest BCUT2D eigenvalue weighted by atomic mass is 16.2. The van der Waals surface area contributed by atoms with Gasteiger partial charge in [-0.15, -0.1) is 0 Å². The van der Waals surface area contributed by atoms with E-state index in [1.807, 2.05) is 18.2 Å². The number of amides is 3. The summed E-state index contributed by atoms with van der Waals surface area (Å²) in [5.74, 6) is -0.132. The highest BCUT2D eigenvalue weighted by Gasteiger charge is 2.20. The summed E-state index contributed by atoms with van der Waals surface area (Å²) < 4.78 is 0. The number of hydrogen-bond acceptors (Lipinski definition) is 3. The van der Waals surface area contributed by atoms with E-state index in [2.05, 4.69) is 10.6 Å². The van der Waals surface area contributed by atoms with Gasteiger partial charge in [-0.05, 0) is 17.7 Å². The molecule has 0 aliphatic carbocycles. The summed E-state index contributed by atoms with van der Waals surface area (Å²) in [6.45, 7) is 1.54. The minimum Gasteiger partial charge on any atom is -0.353 e. The Morgan fingerprint density at radius 2 is 2.33 bits per heavy atom. The monoisotopic (exact) mass is 248 g/mol. The van der Waals surface area contributed by atoms with Crippen molar-refractivity contribution in [2.24, 2.45) is 5.73 Å². The van der Waals surface area contributed by atoms with Gasteiger partial charge in [-0.25, -0.2) is 4.79 Å². The third kappa shape index (κ3) is 2.98. The van der Waals surface area contributed by atoms with Crippen LogP contribution in [0.5, 0.6) is 0 Å². The van der Waals surface area contributed by atoms with E-state index >= 15 is 0 Å². The number of urea groups is 1. The van der Waals surface area contributed by atoms with Crippen LogP contribution in [0.2, 0.25) is 0 Å². The topological polar surface area (TPSA) is 87.5 Å². The zero-order valence-corrected chi connectivity index (χ0v) is 9.98. The first-order valence-electron chi connectivity index (χ1n) is 5.80. The molecular formula is C12H16N4O2. The fourth-order valence-corrected chi connectivity index (χ4v) is 1.79. The number of benzene rings is 1. The average Bonchev–Trinajstić information content (AvgIpc) is 2.39. The van der Waals surface area contributed by atoms with Crippen LogP contribution in [-0.4, -0.2) is 36.5 Å². The summed E-state index contributed by atoms with van der Waals surface area (Å²) in [6, 6.07) is 7.08. The number of rotatable bonds is 2. The van der Waals surface area contributed by atoms with Crippen molar-refractivity contribution in [3.05, 3.63) is 29.8 Å². The maximum Gasteiger partial charge on any atom is 0.322 e. The van der Waals surface area contributed by atoms with E-state index in [4.69, 9.17) is 5.73 Å². The van der Waals surface area contributed by atoms with Crippen LogP contribution >= 0.6 is 0 Å². The van der Waals surface area contributed by atoms with Gasteiger partial charge in [0, 0.05) is 25.3 Å². The lowest BCUT2D eigenvalue weighted by Gasteiger charge is -2.26. The maximum absolute atomic E-state index is 11.9. The van der Waals surface area contributed by atoms with Crippen molar-refractivity contribution in [3.8, 4) is 0 Å². The van der Waals surface area contributed by atoms with Gasteiger partial charge in [0.15, 0.2) is 0 Å². The first-order chi connectivity index (χ1) is 8.69. The molecule has 6 nitrogen and oxygen atoms in total.